The maximum Gasteiger partial charge on any atom is 0.186 e. The van der Waals surface area contributed by atoms with Crippen LogP contribution in [0.3, 0.4) is 0 Å². The molecule has 0 aromatic heterocycles. The smallest absolute Gasteiger partial charge is 0.186 e. The second-order valence-corrected chi connectivity index (χ2v) is 29.4. The van der Waals surface area contributed by atoms with E-state index >= 15 is 0 Å². The molecule has 7 aliphatic heterocycles. The molecule has 7 rings (SSSR count). The molecular weight excluding hydrogens is 4390 g/mol. The van der Waals surface area contributed by atoms with Crippen LogP contribution in [0.1, 0.15) is 154 Å². The van der Waals surface area contributed by atoms with Gasteiger partial charge in [-0.15, -0.1) is 0 Å². The number of aliphatic hydroxyl groups excluding tert-OH is 29. The van der Waals surface area contributed by atoms with Gasteiger partial charge in [-0.25, -0.2) is 0 Å². The molecule has 7 fully saturated rings. The molecule has 33 N–H and O–H groups in total. The van der Waals surface area contributed by atoms with E-state index in [1.807, 2.05) is 48.5 Å². The Morgan fingerprint density at radius 1 is 0.260 bits per heavy atom. The van der Waals surface area contributed by atoms with E-state index in [-0.39, 0.29) is 560 Å². The van der Waals surface area contributed by atoms with E-state index < -0.39 is 260 Å². The van der Waals surface area contributed by atoms with Gasteiger partial charge in [-0.3, -0.25) is 0 Å². The SMILES string of the molecule is CC(CCCN)OC1OC(CO)C(O)C(O)C1O.CCC(C)OC1OC(CO)C(O)C(O)C1O.CCC(C)OC1OC(CO)C(O)C(O)C1O.CCC(CC)OC1OC(CO)C(O)C(O)C1O.CCCC.CCCOC1OC(CO)C(O)C(O)C1O.CCCOC1OC(CO)C(O)C(O)C1O.CCN.CCO.OCC1OC(Br)C(O)C(O)C1O.[Ac].[Ac].[Ac].[Ac].[Ac].[Ac].[Ac].[Ac].[Ac].[Ac].[Ac].[Ac]. The summed E-state index contributed by atoms with van der Waals surface area (Å²) in [5.41, 5.74) is 10.2. The number of rotatable bonds is 29. The standard InChI is InChI=1S/C11H23NO6.C11H22O6.2C10H20O6.2C9H18O6.C6H11BrO5.C4H10.C2H7N.C2H6O.12Ac/c1-6(3-2-4-12)17-11-10(16)9(15)8(14)7(5-13)18-11;1-3-6(4-2)16-11-10(15)9(14)8(13)7(5-12)17-11;2*1-3-5(2)15-10-9(14)8(13)7(12)6(4-11)16-10;2*1-2-3-14-9-8(13)7(12)6(11)5(4-10)15-9;7-6-5(11)4(10)3(9)2(1-8)12-6;1-3-4-2;2*1-2-3;;;;;;;;;;;;/h6-11,13-16H,2-5,12H2,1H3;6-15H,3-5H2,1-2H3;2*5-14H,3-4H2,1-2H3;2*5-13H,2-4H2,1H3;2-6,8-11H,1H2;3-4H2,1-2H3;2-3H2,1H3;3H,2H2,1H3;;;;;;;;;;;;. The predicted octanol–water partition coefficient (Wildman–Crippen LogP) is -9.50. The summed E-state index contributed by atoms with van der Waals surface area (Å²) in [6, 6.07) is 0. The maximum absolute atomic E-state index is 9.73. The summed E-state index contributed by atoms with van der Waals surface area (Å²) in [7, 11) is 0. The van der Waals surface area contributed by atoms with Crippen LogP contribution in [0.15, 0.2) is 0 Å². The molecule has 7 heterocycles. The summed E-state index contributed by atoms with van der Waals surface area (Å²) in [4.78, 5) is 0. The van der Waals surface area contributed by atoms with Crippen molar-refractivity contribution >= 4 is 15.9 Å². The second-order valence-electron chi connectivity index (χ2n) is 28.5. The van der Waals surface area contributed by atoms with Gasteiger partial charge in [-0.2, -0.15) is 0 Å². The van der Waals surface area contributed by atoms with Crippen LogP contribution in [-0.4, -0.2) is 465 Å². The molecule has 7 aliphatic rings. The minimum atomic E-state index is -1.40. The van der Waals surface area contributed by atoms with Crippen LogP contribution in [-0.2, 0) is 61.6 Å². The third-order valence-electron chi connectivity index (χ3n) is 18.7. The number of ether oxygens (including phenoxy) is 13. The van der Waals surface area contributed by atoms with Gasteiger partial charge in [0.15, 0.2) is 37.7 Å². The minimum Gasteiger partial charge on any atom is -0.397 e. The molecule has 44 nitrogen and oxygen atoms in total. The van der Waals surface area contributed by atoms with E-state index in [2.05, 4.69) is 29.8 Å². The Balaban J connectivity index is -0.0000000893. The van der Waals surface area contributed by atoms with E-state index in [4.69, 9.17) is 119 Å². The van der Waals surface area contributed by atoms with Gasteiger partial charge < -0.3 is 221 Å². The van der Waals surface area contributed by atoms with E-state index in [0.29, 0.717) is 26.2 Å². The van der Waals surface area contributed by atoms with Crippen LogP contribution < -0.4 is 11.5 Å². The van der Waals surface area contributed by atoms with Crippen molar-refractivity contribution in [2.45, 2.75) is 392 Å². The predicted molar refractivity (Wildman–Crippen MR) is 422 cm³/mol. The van der Waals surface area contributed by atoms with Gasteiger partial charge in [0.2, 0.25) is 0 Å². The average molecular weight is 4550 g/mol. The number of hydrogen-bond acceptors (Lipinski definition) is 44. The Morgan fingerprint density at radius 3 is 0.641 bits per heavy atom. The number of alkyl halides is 1. The third-order valence-corrected chi connectivity index (χ3v) is 19.5. The van der Waals surface area contributed by atoms with Crippen molar-refractivity contribution < 1.29 is 738 Å². The van der Waals surface area contributed by atoms with Crippen molar-refractivity contribution in [3.05, 3.63) is 0 Å². The van der Waals surface area contributed by atoms with Crippen LogP contribution in [0.5, 0.6) is 0 Å². The van der Waals surface area contributed by atoms with E-state index in [0.717, 1.165) is 51.5 Å². The first-order chi connectivity index (χ1) is 56.1. The summed E-state index contributed by atoms with van der Waals surface area (Å²) in [5, 5.41) is 268. The largest absolute Gasteiger partial charge is 0.397 e. The van der Waals surface area contributed by atoms with Crippen molar-refractivity contribution in [3.8, 4) is 0 Å². The summed E-state index contributed by atoms with van der Waals surface area (Å²) < 4.78 is 67.9. The van der Waals surface area contributed by atoms with Gasteiger partial charge in [0, 0.05) is 549 Å². The molecule has 131 heavy (non-hydrogen) atoms. The molecule has 7 saturated heterocycles. The summed E-state index contributed by atoms with van der Waals surface area (Å²) in [6.07, 6.45) is -32.3. The molecule has 38 atom stereocenters. The van der Waals surface area contributed by atoms with Crippen LogP contribution in [0.2, 0.25) is 0 Å². The Bertz CT molecular complexity index is 2280. The van der Waals surface area contributed by atoms with Gasteiger partial charge in [0.25, 0.3) is 0 Å². The second kappa shape index (κ2) is 109. The molecule has 0 amide bonds. The Hall–Kier alpha value is 16.0. The molecule has 0 saturated carbocycles. The first kappa shape index (κ1) is 180. The van der Waals surface area contributed by atoms with Gasteiger partial charge in [0.1, 0.15) is 176 Å². The first-order valence-corrected chi connectivity index (χ1v) is 41.7. The van der Waals surface area contributed by atoms with Gasteiger partial charge in [-0.1, -0.05) is 91.1 Å². The fraction of sp³-hybridized carbons (Fsp3) is 1.00. The van der Waals surface area contributed by atoms with Crippen LogP contribution >= 0.6 is 15.9 Å². The fourth-order valence-electron chi connectivity index (χ4n) is 10.7. The average Bonchev–Trinajstić information content (AvgIpc) is 0.846. The molecule has 0 aromatic carbocycles. The number of aliphatic hydroxyl groups is 29. The quantitative estimate of drug-likeness (QED) is 0.0309. The van der Waals surface area contributed by atoms with Crippen LogP contribution in [0.25, 0.3) is 0 Å². The summed E-state index contributed by atoms with van der Waals surface area (Å²) in [6.45, 7) is 24.1. The molecule has 57 heteroatoms. The molecule has 0 aliphatic carbocycles. The van der Waals surface area contributed by atoms with E-state index in [1.165, 1.54) is 12.8 Å². The summed E-state index contributed by atoms with van der Waals surface area (Å²) in [5.74, 6) is 0. The first-order valence-electron chi connectivity index (χ1n) is 40.8. The number of nitrogens with two attached hydrogens (primary N) is 2. The zero-order chi connectivity index (χ0) is 92.3. The molecule has 756 valence electrons. The van der Waals surface area contributed by atoms with Crippen molar-refractivity contribution in [1.29, 1.82) is 0 Å². The van der Waals surface area contributed by atoms with E-state index in [1.54, 1.807) is 27.7 Å². The Morgan fingerprint density at radius 2 is 0.450 bits per heavy atom. The monoisotopic (exact) mass is 4550 g/mol. The zero-order valence-corrected chi connectivity index (χ0v) is 136. The number of unbranched alkanes of at least 4 members (excludes halogenated alkanes) is 1. The fourth-order valence-corrected chi connectivity index (χ4v) is 11.3. The molecule has 0 bridgehead atoms. The van der Waals surface area contributed by atoms with Gasteiger partial charge >= 0.3 is 0 Å². The molecule has 12 radical (unpaired) electrons. The third kappa shape index (κ3) is 70.7. The van der Waals surface area contributed by atoms with Crippen molar-refractivity contribution in [2.24, 2.45) is 11.5 Å². The van der Waals surface area contributed by atoms with Crippen LogP contribution in [0, 0.1) is 529 Å². The van der Waals surface area contributed by atoms with Crippen molar-refractivity contribution in [3.63, 3.8) is 0 Å². The molecule has 0 aromatic rings. The normalized spacial score (nSPS) is 35.2. The van der Waals surface area contributed by atoms with E-state index in [9.17, 15) is 102 Å². The minimum absolute atomic E-state index is 0. The van der Waals surface area contributed by atoms with Gasteiger partial charge in [0.05, 0.1) is 70.7 Å². The zero-order valence-electron chi connectivity index (χ0n) is 77.8. The number of halogens is 1. The molecular formula is C74H155Ac12BrN2O42. The van der Waals surface area contributed by atoms with Crippen molar-refractivity contribution in [2.75, 3.05) is 79.2 Å². The Labute approximate surface area is 1210 Å². The van der Waals surface area contributed by atoms with Gasteiger partial charge in [-0.05, 0) is 92.2 Å². The van der Waals surface area contributed by atoms with Crippen molar-refractivity contribution in [1.82, 2.24) is 0 Å². The Kier molecular flexibility index (Phi) is 149. The topological polar surface area (TPSA) is 759 Å². The molecule has 0 spiro atoms. The summed E-state index contributed by atoms with van der Waals surface area (Å²) >= 11 is 2.95. The number of hydrogen-bond donors (Lipinski definition) is 31. The maximum atomic E-state index is 9.73. The van der Waals surface area contributed by atoms with Crippen LogP contribution in [0.4, 0.5) is 0 Å². The molecule has 38 unspecified atom stereocenters.